The molecule has 0 unspecified atom stereocenters. The molecule has 2 atom stereocenters. The number of amides is 1. The average molecular weight is 263 g/mol. The number of carboxylic acid groups (broad SMARTS) is 1. The highest BCUT2D eigenvalue weighted by Gasteiger charge is 2.31. The maximum absolute atomic E-state index is 11.6. The summed E-state index contributed by atoms with van der Waals surface area (Å²) in [7, 11) is 0. The van der Waals surface area contributed by atoms with Gasteiger partial charge >= 0.3 is 5.97 Å². The molecule has 1 aromatic rings. The monoisotopic (exact) mass is 263 g/mol. The smallest absolute Gasteiger partial charge is 0.311 e. The Kier molecular flexibility index (Phi) is 5.55. The largest absolute Gasteiger partial charge is 0.481 e. The van der Waals surface area contributed by atoms with Crippen molar-refractivity contribution in [2.45, 2.75) is 32.6 Å². The van der Waals surface area contributed by atoms with Gasteiger partial charge in [0, 0.05) is 6.42 Å². The van der Waals surface area contributed by atoms with Gasteiger partial charge in [0.25, 0.3) is 0 Å². The predicted octanol–water partition coefficient (Wildman–Crippen LogP) is 2.39. The molecule has 0 aliphatic carbocycles. The molecular formula is C15H21NO3. The van der Waals surface area contributed by atoms with Crippen LogP contribution in [-0.2, 0) is 9.59 Å². The van der Waals surface area contributed by atoms with Crippen LogP contribution >= 0.6 is 0 Å². The van der Waals surface area contributed by atoms with Crippen LogP contribution in [0.2, 0.25) is 0 Å². The van der Waals surface area contributed by atoms with Crippen molar-refractivity contribution in [3.05, 3.63) is 35.9 Å². The van der Waals surface area contributed by atoms with Crippen molar-refractivity contribution in [1.82, 2.24) is 0 Å². The molecule has 0 aliphatic heterocycles. The van der Waals surface area contributed by atoms with E-state index in [2.05, 4.69) is 0 Å². The zero-order valence-corrected chi connectivity index (χ0v) is 11.4. The van der Waals surface area contributed by atoms with E-state index in [1.165, 1.54) is 0 Å². The number of benzene rings is 1. The van der Waals surface area contributed by atoms with Crippen molar-refractivity contribution in [3.8, 4) is 0 Å². The van der Waals surface area contributed by atoms with Crippen LogP contribution in [0.1, 0.15) is 38.2 Å². The summed E-state index contributed by atoms with van der Waals surface area (Å²) in [6.07, 6.45) is 0.763. The van der Waals surface area contributed by atoms with E-state index < -0.39 is 17.8 Å². The summed E-state index contributed by atoms with van der Waals surface area (Å²) in [6.45, 7) is 4.02. The van der Waals surface area contributed by atoms with Crippen LogP contribution in [0.4, 0.5) is 0 Å². The van der Waals surface area contributed by atoms with Crippen molar-refractivity contribution in [2.24, 2.45) is 17.6 Å². The summed E-state index contributed by atoms with van der Waals surface area (Å²) in [5, 5.41) is 9.47. The zero-order chi connectivity index (χ0) is 14.4. The van der Waals surface area contributed by atoms with Crippen LogP contribution in [0.3, 0.4) is 0 Å². The van der Waals surface area contributed by atoms with E-state index in [0.29, 0.717) is 12.3 Å². The van der Waals surface area contributed by atoms with Gasteiger partial charge in [-0.15, -0.1) is 0 Å². The molecule has 0 radical (unpaired) electrons. The normalized spacial score (nSPS) is 14.1. The second kappa shape index (κ2) is 6.92. The number of hydrogen-bond donors (Lipinski definition) is 2. The van der Waals surface area contributed by atoms with Gasteiger partial charge in [-0.1, -0.05) is 44.2 Å². The Bertz CT molecular complexity index is 428. The number of rotatable bonds is 7. The lowest BCUT2D eigenvalue weighted by molar-refractivity contribution is -0.140. The lowest BCUT2D eigenvalue weighted by atomic mass is 9.79. The molecule has 0 spiro atoms. The number of carboxylic acids is 1. The molecule has 0 saturated heterocycles. The summed E-state index contributed by atoms with van der Waals surface area (Å²) < 4.78 is 0. The highest BCUT2D eigenvalue weighted by Crippen LogP contribution is 2.32. The fourth-order valence-electron chi connectivity index (χ4n) is 2.48. The van der Waals surface area contributed by atoms with Gasteiger partial charge < -0.3 is 10.8 Å². The highest BCUT2D eigenvalue weighted by atomic mass is 16.4. The van der Waals surface area contributed by atoms with Gasteiger partial charge in [0.15, 0.2) is 0 Å². The van der Waals surface area contributed by atoms with E-state index in [9.17, 15) is 14.7 Å². The molecule has 0 saturated carbocycles. The van der Waals surface area contributed by atoms with Crippen LogP contribution in [0.5, 0.6) is 0 Å². The summed E-state index contributed by atoms with van der Waals surface area (Å²) >= 11 is 0. The SMILES string of the molecule is CC(C)C[C@H](CC(N)=O)[C@@H](C(=O)O)c1ccccc1. The predicted molar refractivity (Wildman–Crippen MR) is 73.6 cm³/mol. The molecule has 4 nitrogen and oxygen atoms in total. The molecule has 19 heavy (non-hydrogen) atoms. The summed E-state index contributed by atoms with van der Waals surface area (Å²) in [4.78, 5) is 22.7. The maximum Gasteiger partial charge on any atom is 0.311 e. The van der Waals surface area contributed by atoms with Gasteiger partial charge in [0.2, 0.25) is 5.91 Å². The lowest BCUT2D eigenvalue weighted by Crippen LogP contribution is -2.27. The van der Waals surface area contributed by atoms with Crippen LogP contribution in [-0.4, -0.2) is 17.0 Å². The van der Waals surface area contributed by atoms with Gasteiger partial charge in [-0.3, -0.25) is 9.59 Å². The van der Waals surface area contributed by atoms with Crippen molar-refractivity contribution < 1.29 is 14.7 Å². The van der Waals surface area contributed by atoms with Gasteiger partial charge in [0.05, 0.1) is 5.92 Å². The number of primary amides is 1. The van der Waals surface area contributed by atoms with Crippen molar-refractivity contribution >= 4 is 11.9 Å². The molecule has 1 rings (SSSR count). The number of nitrogens with two attached hydrogens (primary N) is 1. The third-order valence-electron chi connectivity index (χ3n) is 3.13. The van der Waals surface area contributed by atoms with Gasteiger partial charge in [0.1, 0.15) is 0 Å². The molecule has 104 valence electrons. The number of carbonyl (C=O) groups excluding carboxylic acids is 1. The minimum Gasteiger partial charge on any atom is -0.481 e. The average Bonchev–Trinajstić information content (AvgIpc) is 2.28. The first kappa shape index (κ1) is 15.2. The second-order valence-electron chi connectivity index (χ2n) is 5.29. The van der Waals surface area contributed by atoms with E-state index in [1.54, 1.807) is 12.1 Å². The molecule has 0 bridgehead atoms. The number of hydrogen-bond acceptors (Lipinski definition) is 2. The molecule has 3 N–H and O–H groups in total. The minimum absolute atomic E-state index is 0.101. The van der Waals surface area contributed by atoms with Crippen LogP contribution in [0.15, 0.2) is 30.3 Å². The zero-order valence-electron chi connectivity index (χ0n) is 11.4. The van der Waals surface area contributed by atoms with Gasteiger partial charge in [-0.05, 0) is 23.8 Å². The fraction of sp³-hybridized carbons (Fsp3) is 0.467. The highest BCUT2D eigenvalue weighted by molar-refractivity contribution is 5.79. The number of carbonyl (C=O) groups is 2. The number of aliphatic carboxylic acids is 1. The minimum atomic E-state index is -0.905. The Hall–Kier alpha value is -1.84. The Labute approximate surface area is 113 Å². The first-order chi connectivity index (χ1) is 8.91. The lowest BCUT2D eigenvalue weighted by Gasteiger charge is -2.25. The third-order valence-corrected chi connectivity index (χ3v) is 3.13. The molecule has 0 heterocycles. The van der Waals surface area contributed by atoms with Gasteiger partial charge in [-0.2, -0.15) is 0 Å². The third kappa shape index (κ3) is 4.73. The van der Waals surface area contributed by atoms with Crippen molar-refractivity contribution in [2.75, 3.05) is 0 Å². The van der Waals surface area contributed by atoms with E-state index in [1.807, 2.05) is 32.0 Å². The molecule has 0 aromatic heterocycles. The van der Waals surface area contributed by atoms with Crippen LogP contribution in [0.25, 0.3) is 0 Å². The molecule has 0 aliphatic rings. The first-order valence-corrected chi connectivity index (χ1v) is 6.47. The van der Waals surface area contributed by atoms with E-state index in [-0.39, 0.29) is 12.3 Å². The molecule has 4 heteroatoms. The van der Waals surface area contributed by atoms with Crippen molar-refractivity contribution in [3.63, 3.8) is 0 Å². The summed E-state index contributed by atoms with van der Waals surface area (Å²) in [5.74, 6) is -1.99. The first-order valence-electron chi connectivity index (χ1n) is 6.47. The van der Waals surface area contributed by atoms with E-state index in [0.717, 1.165) is 5.56 Å². The maximum atomic E-state index is 11.6. The summed E-state index contributed by atoms with van der Waals surface area (Å²) in [5.41, 5.74) is 5.98. The van der Waals surface area contributed by atoms with Gasteiger partial charge in [-0.25, -0.2) is 0 Å². The quantitative estimate of drug-likeness (QED) is 0.792. The molecule has 0 fully saturated rings. The Morgan fingerprint density at radius 3 is 2.21 bits per heavy atom. The Balaban J connectivity index is 3.05. The second-order valence-corrected chi connectivity index (χ2v) is 5.29. The fourth-order valence-corrected chi connectivity index (χ4v) is 2.48. The molecule has 1 amide bonds. The molecular weight excluding hydrogens is 242 g/mol. The standard InChI is InChI=1S/C15H21NO3/c1-10(2)8-12(9-13(16)17)14(15(18)19)11-6-4-3-5-7-11/h3-7,10,12,14H,8-9H2,1-2H3,(H2,16,17)(H,18,19)/t12-,14+/m1/s1. The van der Waals surface area contributed by atoms with E-state index in [4.69, 9.17) is 5.73 Å². The molecule has 1 aromatic carbocycles. The Morgan fingerprint density at radius 1 is 1.21 bits per heavy atom. The van der Waals surface area contributed by atoms with E-state index >= 15 is 0 Å². The summed E-state index contributed by atoms with van der Waals surface area (Å²) in [6, 6.07) is 9.03. The Morgan fingerprint density at radius 2 is 1.79 bits per heavy atom. The van der Waals surface area contributed by atoms with Crippen LogP contribution in [0, 0.1) is 11.8 Å². The van der Waals surface area contributed by atoms with Crippen molar-refractivity contribution in [1.29, 1.82) is 0 Å². The van der Waals surface area contributed by atoms with Crippen LogP contribution < -0.4 is 5.73 Å². The topological polar surface area (TPSA) is 80.4 Å².